The van der Waals surface area contributed by atoms with E-state index in [1.807, 2.05) is 37.4 Å². The molecule has 0 unspecified atom stereocenters. The molecule has 0 aliphatic heterocycles. The van der Waals surface area contributed by atoms with Gasteiger partial charge in [0.15, 0.2) is 0 Å². The van der Waals surface area contributed by atoms with E-state index in [4.69, 9.17) is 0 Å². The van der Waals surface area contributed by atoms with Crippen LogP contribution in [-0.4, -0.2) is 38.6 Å². The van der Waals surface area contributed by atoms with Crippen molar-refractivity contribution in [3.8, 4) is 0 Å². The van der Waals surface area contributed by atoms with Crippen LogP contribution in [0.2, 0.25) is 0 Å². The summed E-state index contributed by atoms with van der Waals surface area (Å²) in [6.45, 7) is 5.80. The van der Waals surface area contributed by atoms with E-state index in [1.54, 1.807) is 6.33 Å². The molecule has 0 radical (unpaired) electrons. The number of rotatable bonds is 6. The monoisotopic (exact) mass is 291 g/mol. The smallest absolute Gasteiger partial charge is 0.146 e. The van der Waals surface area contributed by atoms with Crippen LogP contribution in [0.3, 0.4) is 0 Å². The molecule has 0 fully saturated rings. The molecule has 1 N–H and O–H groups in total. The predicted octanol–water partition coefficient (Wildman–Crippen LogP) is 1.03. The maximum Gasteiger partial charge on any atom is 0.146 e. The largest absolute Gasteiger partial charge is 0.363 e. The predicted molar refractivity (Wildman–Crippen MR) is 83.2 cm³/mol. The van der Waals surface area contributed by atoms with Crippen LogP contribution in [0, 0.1) is 0 Å². The summed E-state index contributed by atoms with van der Waals surface area (Å²) >= 11 is 0. The molecule has 0 spiro atoms. The number of nitrogens with zero attached hydrogens (tertiary/aromatic N) is 6. The lowest BCUT2D eigenvalue weighted by Gasteiger charge is -2.16. The zero-order valence-corrected chi connectivity index (χ0v) is 13.8. The van der Waals surface area contributed by atoms with Gasteiger partial charge in [-0.2, -0.15) is 5.10 Å². The Balaban J connectivity index is 2.16. The fourth-order valence-corrected chi connectivity index (χ4v) is 2.54. The van der Waals surface area contributed by atoms with Crippen molar-refractivity contribution < 1.29 is 0 Å². The van der Waals surface area contributed by atoms with Gasteiger partial charge in [-0.15, -0.1) is 10.2 Å². The van der Waals surface area contributed by atoms with Gasteiger partial charge in [-0.1, -0.05) is 13.8 Å². The average molecular weight is 291 g/mol. The van der Waals surface area contributed by atoms with E-state index >= 15 is 0 Å². The summed E-state index contributed by atoms with van der Waals surface area (Å²) in [4.78, 5) is 2.11. The highest BCUT2D eigenvalue weighted by molar-refractivity contribution is 5.50. The summed E-state index contributed by atoms with van der Waals surface area (Å²) in [5.74, 6) is 2.47. The van der Waals surface area contributed by atoms with E-state index in [-0.39, 0.29) is 0 Å². The number of aryl methyl sites for hydroxylation is 2. The molecule has 0 aromatic carbocycles. The normalized spacial score (nSPS) is 11.4. The van der Waals surface area contributed by atoms with Crippen molar-refractivity contribution >= 4 is 5.82 Å². The van der Waals surface area contributed by atoms with Gasteiger partial charge in [-0.25, -0.2) is 0 Å². The standard InChI is InChI=1S/C14H25N7/c1-10(2)13-11(14(19(3)4)21(6)18-13)7-15-8-12-17-16-9-20(12)5/h9-10,15H,7-8H2,1-6H3. The van der Waals surface area contributed by atoms with Crippen molar-refractivity contribution in [2.75, 3.05) is 19.0 Å². The van der Waals surface area contributed by atoms with E-state index in [9.17, 15) is 0 Å². The fourth-order valence-electron chi connectivity index (χ4n) is 2.54. The molecule has 2 rings (SSSR count). The van der Waals surface area contributed by atoms with E-state index in [0.29, 0.717) is 12.5 Å². The van der Waals surface area contributed by atoms with Crippen LogP contribution in [0.25, 0.3) is 0 Å². The molecule has 2 heterocycles. The highest BCUT2D eigenvalue weighted by atomic mass is 15.4. The molecular formula is C14H25N7. The third-order valence-corrected chi connectivity index (χ3v) is 3.50. The molecule has 0 bridgehead atoms. The maximum absolute atomic E-state index is 4.67. The van der Waals surface area contributed by atoms with Crippen LogP contribution in [0.1, 0.15) is 36.8 Å². The van der Waals surface area contributed by atoms with Crippen LogP contribution < -0.4 is 10.2 Å². The molecule has 0 aliphatic rings. The highest BCUT2D eigenvalue weighted by Gasteiger charge is 2.19. The zero-order chi connectivity index (χ0) is 15.6. The number of aromatic nitrogens is 5. The third kappa shape index (κ3) is 3.24. The maximum atomic E-state index is 4.67. The number of hydrogen-bond donors (Lipinski definition) is 1. The van der Waals surface area contributed by atoms with Crippen molar-refractivity contribution in [2.24, 2.45) is 14.1 Å². The van der Waals surface area contributed by atoms with Crippen LogP contribution in [-0.2, 0) is 27.2 Å². The van der Waals surface area contributed by atoms with Crippen LogP contribution in [0.5, 0.6) is 0 Å². The molecule has 7 heteroatoms. The quantitative estimate of drug-likeness (QED) is 0.861. The number of hydrogen-bond acceptors (Lipinski definition) is 5. The molecule has 0 amide bonds. The van der Waals surface area contributed by atoms with Gasteiger partial charge in [-0.05, 0) is 5.92 Å². The first-order valence-electron chi connectivity index (χ1n) is 7.18. The lowest BCUT2D eigenvalue weighted by atomic mass is 10.1. The van der Waals surface area contributed by atoms with E-state index in [1.165, 1.54) is 5.56 Å². The summed E-state index contributed by atoms with van der Waals surface area (Å²) in [7, 11) is 8.04. The average Bonchev–Trinajstić information content (AvgIpc) is 2.94. The van der Waals surface area contributed by atoms with Crippen molar-refractivity contribution in [3.63, 3.8) is 0 Å². The Kier molecular flexibility index (Phi) is 4.62. The van der Waals surface area contributed by atoms with Gasteiger partial charge in [0, 0.05) is 40.3 Å². The van der Waals surface area contributed by atoms with Gasteiger partial charge in [-0.3, -0.25) is 4.68 Å². The molecule has 0 saturated carbocycles. The second-order valence-corrected chi connectivity index (χ2v) is 5.82. The second-order valence-electron chi connectivity index (χ2n) is 5.82. The van der Waals surface area contributed by atoms with Crippen molar-refractivity contribution in [2.45, 2.75) is 32.9 Å². The molecule has 21 heavy (non-hydrogen) atoms. The summed E-state index contributed by atoms with van der Waals surface area (Å²) in [6, 6.07) is 0. The summed E-state index contributed by atoms with van der Waals surface area (Å²) in [5.41, 5.74) is 2.39. The molecule has 116 valence electrons. The van der Waals surface area contributed by atoms with Gasteiger partial charge in [0.2, 0.25) is 0 Å². The fraction of sp³-hybridized carbons (Fsp3) is 0.643. The Morgan fingerprint density at radius 1 is 1.24 bits per heavy atom. The SMILES string of the molecule is CC(C)c1nn(C)c(N(C)C)c1CNCc1nncn1C. The second kappa shape index (κ2) is 6.26. The number of nitrogens with one attached hydrogen (secondary N) is 1. The Labute approximate surface area is 126 Å². The van der Waals surface area contributed by atoms with Gasteiger partial charge >= 0.3 is 0 Å². The van der Waals surface area contributed by atoms with Gasteiger partial charge in [0.25, 0.3) is 0 Å². The van der Waals surface area contributed by atoms with Crippen LogP contribution >= 0.6 is 0 Å². The van der Waals surface area contributed by atoms with Gasteiger partial charge in [0.1, 0.15) is 18.0 Å². The topological polar surface area (TPSA) is 63.8 Å². The molecule has 0 saturated heterocycles. The molecular weight excluding hydrogens is 266 g/mol. The van der Waals surface area contributed by atoms with E-state index < -0.39 is 0 Å². The Bertz CT molecular complexity index is 594. The lowest BCUT2D eigenvalue weighted by molar-refractivity contribution is 0.630. The van der Waals surface area contributed by atoms with E-state index in [0.717, 1.165) is 23.9 Å². The number of anilines is 1. The van der Waals surface area contributed by atoms with Gasteiger partial charge in [0.05, 0.1) is 12.2 Å². The highest BCUT2D eigenvalue weighted by Crippen LogP contribution is 2.27. The summed E-state index contributed by atoms with van der Waals surface area (Å²) in [5, 5.41) is 16.1. The first-order chi connectivity index (χ1) is 9.91. The Hall–Kier alpha value is -1.89. The minimum Gasteiger partial charge on any atom is -0.363 e. The van der Waals surface area contributed by atoms with Crippen molar-refractivity contribution in [1.29, 1.82) is 0 Å². The molecule has 7 nitrogen and oxygen atoms in total. The third-order valence-electron chi connectivity index (χ3n) is 3.50. The lowest BCUT2D eigenvalue weighted by Crippen LogP contribution is -2.20. The van der Waals surface area contributed by atoms with Crippen LogP contribution in [0.4, 0.5) is 5.82 Å². The summed E-state index contributed by atoms with van der Waals surface area (Å²) in [6.07, 6.45) is 1.71. The first-order valence-corrected chi connectivity index (χ1v) is 7.18. The van der Waals surface area contributed by atoms with Gasteiger partial charge < -0.3 is 14.8 Å². The van der Waals surface area contributed by atoms with E-state index in [2.05, 4.69) is 39.4 Å². The molecule has 2 aromatic rings. The molecule has 0 atom stereocenters. The van der Waals surface area contributed by atoms with Crippen molar-refractivity contribution in [1.82, 2.24) is 29.9 Å². The Morgan fingerprint density at radius 3 is 2.48 bits per heavy atom. The molecule has 2 aromatic heterocycles. The minimum absolute atomic E-state index is 0.400. The Morgan fingerprint density at radius 2 is 1.95 bits per heavy atom. The minimum atomic E-state index is 0.400. The zero-order valence-electron chi connectivity index (χ0n) is 13.8. The molecule has 0 aliphatic carbocycles. The first kappa shape index (κ1) is 15.5. The van der Waals surface area contributed by atoms with Crippen LogP contribution in [0.15, 0.2) is 6.33 Å². The van der Waals surface area contributed by atoms with Crippen molar-refractivity contribution in [3.05, 3.63) is 23.4 Å². The summed E-state index contributed by atoms with van der Waals surface area (Å²) < 4.78 is 3.88.